The van der Waals surface area contributed by atoms with Crippen LogP contribution in [-0.2, 0) is 6.18 Å². The summed E-state index contributed by atoms with van der Waals surface area (Å²) in [6.07, 6.45) is -9.28. The molecule has 0 fully saturated rings. The van der Waals surface area contributed by atoms with Crippen molar-refractivity contribution in [3.63, 3.8) is 0 Å². The van der Waals surface area contributed by atoms with Crippen molar-refractivity contribution >= 4 is 23.5 Å². The summed E-state index contributed by atoms with van der Waals surface area (Å²) in [7, 11) is 0. The van der Waals surface area contributed by atoms with Crippen LogP contribution in [0.2, 0.25) is 0 Å². The lowest BCUT2D eigenvalue weighted by atomic mass is 10.1. The highest BCUT2D eigenvalue weighted by Crippen LogP contribution is 2.37. The van der Waals surface area contributed by atoms with E-state index in [9.17, 15) is 31.1 Å². The second kappa shape index (κ2) is 7.11. The summed E-state index contributed by atoms with van der Waals surface area (Å²) < 4.78 is 79.2. The van der Waals surface area contributed by atoms with Gasteiger partial charge in [0.1, 0.15) is 0 Å². The van der Waals surface area contributed by atoms with Gasteiger partial charge < -0.3 is 5.32 Å². The number of para-hydroxylation sites is 1. The zero-order valence-corrected chi connectivity index (χ0v) is 13.0. The molecule has 0 saturated carbocycles. The number of hydrogen-bond donors (Lipinski definition) is 1. The Bertz CT molecular complexity index is 799. The molecule has 0 saturated heterocycles. The SMILES string of the molecule is C=Cc1ccc(N(C(=O)Nc2ccccc2)C(F)(F)F)cc1C(F)(F)F. The van der Waals surface area contributed by atoms with Crippen molar-refractivity contribution in [2.75, 3.05) is 10.2 Å². The number of carbonyl (C=O) groups is 1. The molecule has 0 aromatic heterocycles. The average Bonchev–Trinajstić information content (AvgIpc) is 2.53. The first-order valence-electron chi connectivity index (χ1n) is 7.10. The van der Waals surface area contributed by atoms with Gasteiger partial charge in [-0.3, -0.25) is 0 Å². The number of hydrogen-bond acceptors (Lipinski definition) is 1. The van der Waals surface area contributed by atoms with Gasteiger partial charge in [0.25, 0.3) is 0 Å². The summed E-state index contributed by atoms with van der Waals surface area (Å²) >= 11 is 0. The third-order valence-corrected chi connectivity index (χ3v) is 3.30. The fourth-order valence-corrected chi connectivity index (χ4v) is 2.19. The molecule has 0 unspecified atom stereocenters. The summed E-state index contributed by atoms with van der Waals surface area (Å²) in [4.78, 5) is 11.4. The minimum atomic E-state index is -5.24. The number of carbonyl (C=O) groups excluding carboxylic acids is 1. The second-order valence-electron chi connectivity index (χ2n) is 5.07. The lowest BCUT2D eigenvalue weighted by Gasteiger charge is -2.26. The van der Waals surface area contributed by atoms with E-state index >= 15 is 0 Å². The number of amides is 2. The lowest BCUT2D eigenvalue weighted by molar-refractivity contribution is -0.138. The van der Waals surface area contributed by atoms with Crippen LogP contribution >= 0.6 is 0 Å². The van der Waals surface area contributed by atoms with E-state index < -0.39 is 40.2 Å². The Kier molecular flexibility index (Phi) is 5.29. The van der Waals surface area contributed by atoms with Crippen LogP contribution in [0.4, 0.5) is 42.5 Å². The van der Waals surface area contributed by atoms with Crippen LogP contribution in [0.1, 0.15) is 11.1 Å². The van der Waals surface area contributed by atoms with Crippen LogP contribution in [0.15, 0.2) is 55.1 Å². The molecule has 2 amide bonds. The van der Waals surface area contributed by atoms with E-state index in [1.165, 1.54) is 24.3 Å². The molecule has 26 heavy (non-hydrogen) atoms. The van der Waals surface area contributed by atoms with Crippen LogP contribution in [0, 0.1) is 0 Å². The zero-order chi connectivity index (χ0) is 19.5. The number of anilines is 2. The maximum atomic E-state index is 13.3. The highest BCUT2D eigenvalue weighted by atomic mass is 19.4. The van der Waals surface area contributed by atoms with Gasteiger partial charge in [0.05, 0.1) is 11.3 Å². The first kappa shape index (κ1) is 19.4. The molecule has 0 atom stereocenters. The van der Waals surface area contributed by atoms with Crippen molar-refractivity contribution in [1.82, 2.24) is 0 Å². The van der Waals surface area contributed by atoms with Crippen molar-refractivity contribution in [3.05, 3.63) is 66.2 Å². The second-order valence-corrected chi connectivity index (χ2v) is 5.07. The summed E-state index contributed by atoms with van der Waals surface area (Å²) in [6.45, 7) is 3.20. The Hall–Kier alpha value is -2.97. The number of urea groups is 1. The first-order valence-corrected chi connectivity index (χ1v) is 7.10. The normalized spacial score (nSPS) is 11.8. The van der Waals surface area contributed by atoms with Gasteiger partial charge in [0.2, 0.25) is 0 Å². The molecular formula is C17H12F6N2O. The van der Waals surface area contributed by atoms with E-state index in [4.69, 9.17) is 0 Å². The molecule has 138 valence electrons. The standard InChI is InChI=1S/C17H12F6N2O/c1-2-11-8-9-13(10-14(11)16(18,19)20)25(17(21,22)23)15(26)24-12-6-4-3-5-7-12/h2-10H,1H2,(H,24,26). The number of halogens is 6. The Morgan fingerprint density at radius 1 is 1.00 bits per heavy atom. The lowest BCUT2D eigenvalue weighted by Crippen LogP contribution is -2.45. The van der Waals surface area contributed by atoms with E-state index in [1.54, 1.807) is 6.07 Å². The molecule has 0 aliphatic heterocycles. The molecule has 2 aromatic carbocycles. The number of alkyl halides is 6. The topological polar surface area (TPSA) is 32.3 Å². The van der Waals surface area contributed by atoms with E-state index in [2.05, 4.69) is 6.58 Å². The minimum Gasteiger partial charge on any atom is -0.307 e. The molecule has 0 spiro atoms. The van der Waals surface area contributed by atoms with Gasteiger partial charge in [-0.25, -0.2) is 9.69 Å². The quantitative estimate of drug-likeness (QED) is 0.526. The molecule has 2 rings (SSSR count). The summed E-state index contributed by atoms with van der Waals surface area (Å²) in [5.41, 5.74) is -2.63. The van der Waals surface area contributed by atoms with Crippen LogP contribution in [-0.4, -0.2) is 12.3 Å². The van der Waals surface area contributed by atoms with Crippen molar-refractivity contribution < 1.29 is 31.1 Å². The van der Waals surface area contributed by atoms with Crippen molar-refractivity contribution in [2.45, 2.75) is 12.5 Å². The Morgan fingerprint density at radius 2 is 1.62 bits per heavy atom. The predicted octanol–water partition coefficient (Wildman–Crippen LogP) is 5.91. The highest BCUT2D eigenvalue weighted by molar-refractivity contribution is 6.02. The fraction of sp³-hybridized carbons (Fsp3) is 0.118. The van der Waals surface area contributed by atoms with Crippen LogP contribution in [0.5, 0.6) is 0 Å². The van der Waals surface area contributed by atoms with Gasteiger partial charge in [-0.1, -0.05) is 36.9 Å². The van der Waals surface area contributed by atoms with Gasteiger partial charge in [-0.2, -0.15) is 13.2 Å². The Balaban J connectivity index is 2.48. The van der Waals surface area contributed by atoms with Gasteiger partial charge in [-0.15, -0.1) is 13.2 Å². The molecule has 0 radical (unpaired) electrons. The van der Waals surface area contributed by atoms with Crippen molar-refractivity contribution in [3.8, 4) is 0 Å². The van der Waals surface area contributed by atoms with Gasteiger partial charge in [-0.05, 0) is 29.8 Å². The van der Waals surface area contributed by atoms with Gasteiger partial charge >= 0.3 is 18.5 Å². The summed E-state index contributed by atoms with van der Waals surface area (Å²) in [6, 6.07) is 7.44. The molecule has 1 N–H and O–H groups in total. The zero-order valence-electron chi connectivity index (χ0n) is 13.0. The molecule has 9 heteroatoms. The largest absolute Gasteiger partial charge is 0.493 e. The maximum Gasteiger partial charge on any atom is 0.493 e. The highest BCUT2D eigenvalue weighted by Gasteiger charge is 2.44. The predicted molar refractivity (Wildman–Crippen MR) is 85.5 cm³/mol. The number of rotatable bonds is 3. The Labute approximate surface area is 144 Å². The fourth-order valence-electron chi connectivity index (χ4n) is 2.19. The molecule has 2 aromatic rings. The molecule has 0 aliphatic rings. The van der Waals surface area contributed by atoms with Crippen LogP contribution in [0.25, 0.3) is 6.08 Å². The van der Waals surface area contributed by atoms with Crippen LogP contribution < -0.4 is 10.2 Å². The molecule has 0 heterocycles. The first-order chi connectivity index (χ1) is 12.0. The van der Waals surface area contributed by atoms with Crippen molar-refractivity contribution in [1.29, 1.82) is 0 Å². The minimum absolute atomic E-state index is 0.0607. The summed E-state index contributed by atoms with van der Waals surface area (Å²) in [5, 5.41) is 2.00. The molecule has 0 bridgehead atoms. The van der Waals surface area contributed by atoms with Crippen molar-refractivity contribution in [2.24, 2.45) is 0 Å². The van der Waals surface area contributed by atoms with E-state index in [-0.39, 0.29) is 11.8 Å². The maximum absolute atomic E-state index is 13.3. The Morgan fingerprint density at radius 3 is 2.12 bits per heavy atom. The number of nitrogens with one attached hydrogen (secondary N) is 1. The third kappa shape index (κ3) is 4.35. The summed E-state index contributed by atoms with van der Waals surface area (Å²) in [5.74, 6) is 0. The van der Waals surface area contributed by atoms with Gasteiger partial charge in [0.15, 0.2) is 0 Å². The van der Waals surface area contributed by atoms with E-state index in [0.717, 1.165) is 18.2 Å². The van der Waals surface area contributed by atoms with Crippen LogP contribution in [0.3, 0.4) is 0 Å². The number of nitrogens with zero attached hydrogens (tertiary/aromatic N) is 1. The number of benzene rings is 2. The smallest absolute Gasteiger partial charge is 0.307 e. The molecule has 3 nitrogen and oxygen atoms in total. The monoisotopic (exact) mass is 374 g/mol. The average molecular weight is 374 g/mol. The molecular weight excluding hydrogens is 362 g/mol. The van der Waals surface area contributed by atoms with E-state index in [0.29, 0.717) is 0 Å². The van der Waals surface area contributed by atoms with Gasteiger partial charge in [0, 0.05) is 5.69 Å². The molecule has 0 aliphatic carbocycles. The third-order valence-electron chi connectivity index (χ3n) is 3.30. The van der Waals surface area contributed by atoms with E-state index in [1.807, 2.05) is 5.32 Å².